The van der Waals surface area contributed by atoms with Crippen molar-refractivity contribution in [1.82, 2.24) is 4.98 Å². The lowest BCUT2D eigenvalue weighted by Gasteiger charge is -2.08. The van der Waals surface area contributed by atoms with Gasteiger partial charge in [-0.2, -0.15) is 0 Å². The van der Waals surface area contributed by atoms with Crippen molar-refractivity contribution >= 4 is 6.08 Å². The van der Waals surface area contributed by atoms with Gasteiger partial charge in [0, 0.05) is 6.92 Å². The van der Waals surface area contributed by atoms with Crippen LogP contribution >= 0.6 is 0 Å². The van der Waals surface area contributed by atoms with Crippen LogP contribution in [0.2, 0.25) is 0 Å². The third-order valence-corrected chi connectivity index (χ3v) is 2.52. The highest BCUT2D eigenvalue weighted by molar-refractivity contribution is 5.48. The van der Waals surface area contributed by atoms with E-state index in [1.54, 1.807) is 19.3 Å². The quantitative estimate of drug-likeness (QED) is 0.794. The summed E-state index contributed by atoms with van der Waals surface area (Å²) in [4.78, 5) is 4.16. The van der Waals surface area contributed by atoms with Crippen molar-refractivity contribution in [2.75, 3.05) is 0 Å². The molecule has 0 bridgehead atoms. The number of nitrogens with zero attached hydrogens (tertiary/aromatic N) is 1. The van der Waals surface area contributed by atoms with Gasteiger partial charge in [0.25, 0.3) is 0 Å². The molecule has 0 spiro atoms. The van der Waals surface area contributed by atoms with Gasteiger partial charge in [0.05, 0.1) is 6.10 Å². The molecule has 0 aliphatic carbocycles. The molecule has 1 atom stereocenters. The Morgan fingerprint density at radius 2 is 2.29 bits per heavy atom. The number of aromatic nitrogens is 1. The summed E-state index contributed by atoms with van der Waals surface area (Å²) in [6.45, 7) is 9.30. The lowest BCUT2D eigenvalue weighted by Crippen LogP contribution is -2.06. The van der Waals surface area contributed by atoms with Gasteiger partial charge >= 0.3 is 0 Å². The predicted octanol–water partition coefficient (Wildman–Crippen LogP) is 3.27. The lowest BCUT2D eigenvalue weighted by molar-refractivity contribution is 0.215. The van der Waals surface area contributed by atoms with Crippen LogP contribution in [0.3, 0.4) is 0 Å². The van der Waals surface area contributed by atoms with Gasteiger partial charge in [-0.05, 0) is 31.9 Å². The van der Waals surface area contributed by atoms with E-state index in [4.69, 9.17) is 4.42 Å². The highest BCUT2D eigenvalue weighted by Gasteiger charge is 2.06. The van der Waals surface area contributed by atoms with Crippen molar-refractivity contribution in [3.63, 3.8) is 0 Å². The van der Waals surface area contributed by atoms with Crippen LogP contribution in [0.4, 0.5) is 0 Å². The molecular formula is C14H19NO2. The number of oxazole rings is 1. The van der Waals surface area contributed by atoms with Gasteiger partial charge in [-0.15, -0.1) is 0 Å². The molecule has 92 valence electrons. The zero-order valence-electron chi connectivity index (χ0n) is 10.6. The summed E-state index contributed by atoms with van der Waals surface area (Å²) in [6, 6.07) is 0. The van der Waals surface area contributed by atoms with Crippen LogP contribution < -0.4 is 0 Å². The lowest BCUT2D eigenvalue weighted by atomic mass is 10.1. The molecule has 0 fully saturated rings. The van der Waals surface area contributed by atoms with Crippen LogP contribution in [-0.2, 0) is 0 Å². The van der Waals surface area contributed by atoms with E-state index in [2.05, 4.69) is 11.6 Å². The maximum atomic E-state index is 9.92. The predicted molar refractivity (Wildman–Crippen MR) is 69.5 cm³/mol. The second-order valence-electron chi connectivity index (χ2n) is 4.08. The SMILES string of the molecule is C=CC(C)=CC[C@H](O)C(C)=Cc1coc(C)n1. The first-order valence-corrected chi connectivity index (χ1v) is 5.60. The van der Waals surface area contributed by atoms with E-state index in [0.717, 1.165) is 16.8 Å². The average Bonchev–Trinajstić information content (AvgIpc) is 2.70. The van der Waals surface area contributed by atoms with Gasteiger partial charge in [-0.3, -0.25) is 0 Å². The van der Waals surface area contributed by atoms with Crippen LogP contribution in [0, 0.1) is 6.92 Å². The van der Waals surface area contributed by atoms with Gasteiger partial charge in [-0.1, -0.05) is 24.3 Å². The van der Waals surface area contributed by atoms with Crippen molar-refractivity contribution in [2.45, 2.75) is 33.3 Å². The summed E-state index contributed by atoms with van der Waals surface area (Å²) >= 11 is 0. The Kier molecular flexibility index (Phi) is 4.91. The number of aliphatic hydroxyl groups excluding tert-OH is 1. The number of allylic oxidation sites excluding steroid dienone is 2. The van der Waals surface area contributed by atoms with E-state index >= 15 is 0 Å². The van der Waals surface area contributed by atoms with Crippen LogP contribution in [-0.4, -0.2) is 16.2 Å². The molecule has 0 saturated heterocycles. The number of hydrogen-bond donors (Lipinski definition) is 1. The van der Waals surface area contributed by atoms with E-state index in [1.807, 2.05) is 26.0 Å². The normalized spacial score (nSPS) is 14.8. The first-order valence-electron chi connectivity index (χ1n) is 5.60. The zero-order chi connectivity index (χ0) is 12.8. The number of hydrogen-bond acceptors (Lipinski definition) is 3. The van der Waals surface area contributed by atoms with E-state index in [-0.39, 0.29) is 0 Å². The second-order valence-corrected chi connectivity index (χ2v) is 4.08. The summed E-state index contributed by atoms with van der Waals surface area (Å²) < 4.78 is 5.10. The third-order valence-electron chi connectivity index (χ3n) is 2.52. The minimum atomic E-state index is -0.498. The van der Waals surface area contributed by atoms with Crippen molar-refractivity contribution in [1.29, 1.82) is 0 Å². The number of aliphatic hydroxyl groups is 1. The van der Waals surface area contributed by atoms with Crippen molar-refractivity contribution in [2.24, 2.45) is 0 Å². The third kappa shape index (κ3) is 4.41. The molecule has 0 aliphatic heterocycles. The molecule has 0 aliphatic rings. The van der Waals surface area contributed by atoms with Gasteiger partial charge in [0.1, 0.15) is 12.0 Å². The zero-order valence-corrected chi connectivity index (χ0v) is 10.6. The molecule has 0 radical (unpaired) electrons. The fraction of sp³-hybridized carbons (Fsp3) is 0.357. The first-order chi connectivity index (χ1) is 8.02. The first kappa shape index (κ1) is 13.5. The summed E-state index contributed by atoms with van der Waals surface area (Å²) in [5.41, 5.74) is 2.67. The van der Waals surface area contributed by atoms with Crippen molar-refractivity contribution in [3.05, 3.63) is 47.7 Å². The van der Waals surface area contributed by atoms with Gasteiger partial charge in [0.2, 0.25) is 0 Å². The Labute approximate surface area is 102 Å². The molecule has 1 N–H and O–H groups in total. The fourth-order valence-electron chi connectivity index (χ4n) is 1.34. The molecule has 0 saturated carbocycles. The van der Waals surface area contributed by atoms with Crippen LogP contribution in [0.15, 0.2) is 40.6 Å². The van der Waals surface area contributed by atoms with Gasteiger partial charge < -0.3 is 9.52 Å². The average molecular weight is 233 g/mol. The standard InChI is InChI=1S/C14H19NO2/c1-5-10(2)6-7-14(16)11(3)8-13-9-17-12(4)15-13/h5-6,8-9,14,16H,1,7H2,2-4H3/t14-/m0/s1. The van der Waals surface area contributed by atoms with E-state index in [0.29, 0.717) is 12.3 Å². The Balaban J connectivity index is 2.66. The molecular weight excluding hydrogens is 214 g/mol. The van der Waals surface area contributed by atoms with E-state index < -0.39 is 6.10 Å². The smallest absolute Gasteiger partial charge is 0.191 e. The highest BCUT2D eigenvalue weighted by Crippen LogP contribution is 2.13. The van der Waals surface area contributed by atoms with Crippen LogP contribution in [0.25, 0.3) is 6.08 Å². The molecule has 3 heteroatoms. The molecule has 1 aromatic heterocycles. The molecule has 1 heterocycles. The molecule has 1 rings (SSSR count). The van der Waals surface area contributed by atoms with Crippen molar-refractivity contribution < 1.29 is 9.52 Å². The minimum Gasteiger partial charge on any atom is -0.449 e. The largest absolute Gasteiger partial charge is 0.449 e. The molecule has 17 heavy (non-hydrogen) atoms. The van der Waals surface area contributed by atoms with E-state index in [9.17, 15) is 5.11 Å². The second kappa shape index (κ2) is 6.21. The molecule has 3 nitrogen and oxygen atoms in total. The molecule has 1 aromatic rings. The Bertz CT molecular complexity index is 441. The van der Waals surface area contributed by atoms with Gasteiger partial charge in [0.15, 0.2) is 5.89 Å². The fourth-order valence-corrected chi connectivity index (χ4v) is 1.34. The Morgan fingerprint density at radius 1 is 1.59 bits per heavy atom. The van der Waals surface area contributed by atoms with Crippen LogP contribution in [0.1, 0.15) is 31.9 Å². The number of aryl methyl sites for hydroxylation is 1. The summed E-state index contributed by atoms with van der Waals surface area (Å²) in [6.07, 6.45) is 7.23. The maximum absolute atomic E-state index is 9.92. The monoisotopic (exact) mass is 233 g/mol. The summed E-state index contributed by atoms with van der Waals surface area (Å²) in [7, 11) is 0. The van der Waals surface area contributed by atoms with Crippen molar-refractivity contribution in [3.8, 4) is 0 Å². The molecule has 0 unspecified atom stereocenters. The molecule has 0 aromatic carbocycles. The number of rotatable bonds is 5. The maximum Gasteiger partial charge on any atom is 0.191 e. The molecule has 0 amide bonds. The van der Waals surface area contributed by atoms with Gasteiger partial charge in [-0.25, -0.2) is 4.98 Å². The highest BCUT2D eigenvalue weighted by atomic mass is 16.3. The summed E-state index contributed by atoms with van der Waals surface area (Å²) in [5.74, 6) is 0.626. The van der Waals surface area contributed by atoms with E-state index in [1.165, 1.54) is 0 Å². The Morgan fingerprint density at radius 3 is 2.82 bits per heavy atom. The topological polar surface area (TPSA) is 46.3 Å². The Hall–Kier alpha value is -1.61. The minimum absolute atomic E-state index is 0.498. The summed E-state index contributed by atoms with van der Waals surface area (Å²) in [5, 5.41) is 9.92. The van der Waals surface area contributed by atoms with Crippen LogP contribution in [0.5, 0.6) is 0 Å².